The number of fused-ring (bicyclic) bond motifs is 1. The Kier molecular flexibility index (Phi) is 3.25. The molecule has 1 aromatic rings. The molecular weight excluding hydrogens is 267 g/mol. The average Bonchev–Trinajstić information content (AvgIpc) is 2.48. The summed E-state index contributed by atoms with van der Waals surface area (Å²) in [6.45, 7) is 0. The van der Waals surface area contributed by atoms with Crippen molar-refractivity contribution in [1.29, 1.82) is 0 Å². The Morgan fingerprint density at radius 2 is 2.11 bits per heavy atom. The van der Waals surface area contributed by atoms with Crippen LogP contribution in [0.3, 0.4) is 0 Å². The predicted octanol–water partition coefficient (Wildman–Crippen LogP) is 1.96. The van der Waals surface area contributed by atoms with Gasteiger partial charge in [-0.3, -0.25) is 0 Å². The fraction of sp³-hybridized carbons (Fsp3) is 0.182. The molecule has 1 heterocycles. The molecule has 96 valence electrons. The highest BCUT2D eigenvalue weighted by Crippen LogP contribution is 2.35. The molecule has 0 unspecified atom stereocenters. The second kappa shape index (κ2) is 4.56. The summed E-state index contributed by atoms with van der Waals surface area (Å²) in [5.41, 5.74) is 0.120. The Balaban J connectivity index is 2.31. The van der Waals surface area contributed by atoms with Gasteiger partial charge >= 0.3 is 6.18 Å². The van der Waals surface area contributed by atoms with E-state index in [4.69, 9.17) is 0 Å². The van der Waals surface area contributed by atoms with Crippen LogP contribution in [0, 0.1) is 0 Å². The van der Waals surface area contributed by atoms with Gasteiger partial charge in [0.15, 0.2) is 0 Å². The molecule has 0 aromatic heterocycles. The molecule has 7 heteroatoms. The number of thioether (sulfide) groups is 1. The number of hydrogen-bond acceptors (Lipinski definition) is 4. The summed E-state index contributed by atoms with van der Waals surface area (Å²) < 4.78 is 37.6. The Morgan fingerprint density at radius 3 is 2.72 bits per heavy atom. The maximum Gasteiger partial charge on any atom is 0.416 e. The van der Waals surface area contributed by atoms with Gasteiger partial charge < -0.3 is 15.2 Å². The molecule has 0 aliphatic carbocycles. The van der Waals surface area contributed by atoms with Crippen molar-refractivity contribution in [3.05, 3.63) is 40.4 Å². The number of rotatable bonds is 1. The van der Waals surface area contributed by atoms with Crippen LogP contribution in [0.25, 0.3) is 0 Å². The lowest BCUT2D eigenvalue weighted by Gasteiger charge is -2.11. The van der Waals surface area contributed by atoms with Crippen LogP contribution in [0.5, 0.6) is 0 Å². The molecule has 0 saturated carbocycles. The van der Waals surface area contributed by atoms with Gasteiger partial charge in [0.2, 0.25) is 0 Å². The molecule has 0 amide bonds. The summed E-state index contributed by atoms with van der Waals surface area (Å²) in [5.74, 6) is -1.21. The predicted molar refractivity (Wildman–Crippen MR) is 59.5 cm³/mol. The van der Waals surface area contributed by atoms with E-state index in [1.807, 2.05) is 0 Å². The van der Waals surface area contributed by atoms with Gasteiger partial charge in [0.1, 0.15) is 0 Å². The second-order valence-corrected chi connectivity index (χ2v) is 4.62. The van der Waals surface area contributed by atoms with Crippen LogP contribution in [0.15, 0.2) is 29.3 Å². The molecule has 1 aliphatic heterocycles. The highest BCUT2D eigenvalue weighted by Gasteiger charge is 2.31. The van der Waals surface area contributed by atoms with Crippen molar-refractivity contribution in [3.63, 3.8) is 0 Å². The van der Waals surface area contributed by atoms with Crippen LogP contribution < -0.4 is 10.4 Å². The van der Waals surface area contributed by atoms with Crippen molar-refractivity contribution in [1.82, 2.24) is 0 Å². The number of aliphatic carboxylic acids is 1. The molecule has 1 aromatic carbocycles. The van der Waals surface area contributed by atoms with E-state index in [9.17, 15) is 23.1 Å². The summed E-state index contributed by atoms with van der Waals surface area (Å²) in [7, 11) is 0. The van der Waals surface area contributed by atoms with Crippen molar-refractivity contribution in [2.75, 3.05) is 5.32 Å². The van der Waals surface area contributed by atoms with Crippen molar-refractivity contribution in [2.45, 2.75) is 11.9 Å². The maximum atomic E-state index is 12.5. The number of benzene rings is 1. The highest BCUT2D eigenvalue weighted by atomic mass is 32.2. The SMILES string of the molecule is O=C([O-])C1=CNc2ccc(C(F)(F)F)cc2CS1. The third-order valence-corrected chi connectivity index (χ3v) is 3.43. The number of nitrogens with one attached hydrogen (secondary N) is 1. The van der Waals surface area contributed by atoms with Crippen LogP contribution in [-0.2, 0) is 16.7 Å². The van der Waals surface area contributed by atoms with E-state index >= 15 is 0 Å². The van der Waals surface area contributed by atoms with Crippen molar-refractivity contribution in [3.8, 4) is 0 Å². The van der Waals surface area contributed by atoms with Crippen molar-refractivity contribution in [2.24, 2.45) is 0 Å². The van der Waals surface area contributed by atoms with Gasteiger partial charge in [0.05, 0.1) is 11.5 Å². The standard InChI is InChI=1S/C11H8F3NO2S/c12-11(13,14)7-1-2-8-6(3-7)5-18-9(4-15-8)10(16)17/h1-4,15H,5H2,(H,16,17)/p-1. The Hall–Kier alpha value is -1.63. The van der Waals surface area contributed by atoms with Gasteiger partial charge in [-0.05, 0) is 23.8 Å². The molecule has 1 N–H and O–H groups in total. The zero-order valence-corrected chi connectivity index (χ0v) is 9.69. The van der Waals surface area contributed by atoms with Crippen LogP contribution in [-0.4, -0.2) is 5.97 Å². The third-order valence-electron chi connectivity index (χ3n) is 2.38. The van der Waals surface area contributed by atoms with Gasteiger partial charge in [-0.15, -0.1) is 11.8 Å². The minimum atomic E-state index is -4.41. The van der Waals surface area contributed by atoms with Gasteiger partial charge in [-0.1, -0.05) is 0 Å². The summed E-state index contributed by atoms with van der Waals surface area (Å²) in [5, 5.41) is 13.3. The highest BCUT2D eigenvalue weighted by molar-refractivity contribution is 8.03. The molecule has 0 spiro atoms. The molecule has 0 atom stereocenters. The van der Waals surface area contributed by atoms with Crippen LogP contribution >= 0.6 is 11.8 Å². The van der Waals surface area contributed by atoms with E-state index in [1.165, 1.54) is 12.3 Å². The average molecular weight is 274 g/mol. The number of carbonyl (C=O) groups is 1. The van der Waals surface area contributed by atoms with Crippen LogP contribution in [0.4, 0.5) is 18.9 Å². The molecule has 1 aliphatic rings. The number of hydrogen-bond donors (Lipinski definition) is 1. The summed E-state index contributed by atoms with van der Waals surface area (Å²) >= 11 is 0.923. The lowest BCUT2D eigenvalue weighted by atomic mass is 10.1. The normalized spacial score (nSPS) is 15.2. The summed E-state index contributed by atoms with van der Waals surface area (Å²) in [6, 6.07) is 3.25. The Morgan fingerprint density at radius 1 is 1.39 bits per heavy atom. The second-order valence-electron chi connectivity index (χ2n) is 3.60. The first-order valence-corrected chi connectivity index (χ1v) is 5.87. The molecule has 0 saturated heterocycles. The molecule has 0 radical (unpaired) electrons. The summed E-state index contributed by atoms with van der Waals surface area (Å²) in [6.07, 6.45) is -3.18. The van der Waals surface area contributed by atoms with Crippen molar-refractivity contribution < 1.29 is 23.1 Å². The lowest BCUT2D eigenvalue weighted by Crippen LogP contribution is -2.23. The fourth-order valence-corrected chi connectivity index (χ4v) is 2.30. The Bertz CT molecular complexity index is 526. The number of alkyl halides is 3. The smallest absolute Gasteiger partial charge is 0.416 e. The number of carbonyl (C=O) groups excluding carboxylic acids is 1. The molecule has 0 bridgehead atoms. The van der Waals surface area contributed by atoms with Gasteiger partial charge in [-0.25, -0.2) is 0 Å². The quantitative estimate of drug-likeness (QED) is 0.850. The minimum absolute atomic E-state index is 0.0419. The zero-order valence-electron chi connectivity index (χ0n) is 8.88. The van der Waals surface area contributed by atoms with E-state index in [2.05, 4.69) is 5.32 Å². The molecule has 2 rings (SSSR count). The zero-order chi connectivity index (χ0) is 13.3. The molecule has 18 heavy (non-hydrogen) atoms. The van der Waals surface area contributed by atoms with E-state index in [1.54, 1.807) is 0 Å². The third kappa shape index (κ3) is 2.61. The minimum Gasteiger partial charge on any atom is -0.544 e. The first kappa shape index (κ1) is 12.8. The van der Waals surface area contributed by atoms with E-state index in [0.717, 1.165) is 23.9 Å². The van der Waals surface area contributed by atoms with Gasteiger partial charge in [0.25, 0.3) is 0 Å². The van der Waals surface area contributed by atoms with Crippen molar-refractivity contribution >= 4 is 23.4 Å². The van der Waals surface area contributed by atoms with E-state index in [0.29, 0.717) is 11.3 Å². The summed E-state index contributed by atoms with van der Waals surface area (Å²) in [4.78, 5) is 10.6. The van der Waals surface area contributed by atoms with Crippen LogP contribution in [0.2, 0.25) is 0 Å². The Labute approximate surface area is 105 Å². The number of halogens is 3. The van der Waals surface area contributed by atoms with E-state index in [-0.39, 0.29) is 10.7 Å². The van der Waals surface area contributed by atoms with E-state index < -0.39 is 17.7 Å². The van der Waals surface area contributed by atoms with Crippen LogP contribution in [0.1, 0.15) is 11.1 Å². The molecule has 3 nitrogen and oxygen atoms in total. The number of anilines is 1. The van der Waals surface area contributed by atoms with Gasteiger partial charge in [0, 0.05) is 22.5 Å². The van der Waals surface area contributed by atoms with Gasteiger partial charge in [-0.2, -0.15) is 13.2 Å². The first-order chi connectivity index (χ1) is 8.38. The monoisotopic (exact) mass is 274 g/mol. The topological polar surface area (TPSA) is 52.2 Å². The molecular formula is C11H7F3NO2S-. The number of carboxylic acid groups (broad SMARTS) is 1. The fourth-order valence-electron chi connectivity index (χ4n) is 1.49. The molecule has 0 fully saturated rings. The number of carboxylic acids is 1. The maximum absolute atomic E-state index is 12.5. The first-order valence-electron chi connectivity index (χ1n) is 4.89. The largest absolute Gasteiger partial charge is 0.544 e. The lowest BCUT2D eigenvalue weighted by molar-refractivity contribution is -0.298.